The van der Waals surface area contributed by atoms with Gasteiger partial charge in [-0.25, -0.2) is 8.42 Å². The van der Waals surface area contributed by atoms with Crippen LogP contribution in [0.15, 0.2) is 16.6 Å². The van der Waals surface area contributed by atoms with Crippen molar-refractivity contribution < 1.29 is 18.3 Å². The van der Waals surface area contributed by atoms with Gasteiger partial charge in [0, 0.05) is 6.54 Å². The number of hydrogen-bond donors (Lipinski definition) is 2. The molecule has 0 radical (unpaired) electrons. The summed E-state index contributed by atoms with van der Waals surface area (Å²) >= 11 is 3.27. The summed E-state index contributed by atoms with van der Waals surface area (Å²) in [4.78, 5) is 0. The van der Waals surface area contributed by atoms with Crippen LogP contribution in [0.2, 0.25) is 0 Å². The zero-order chi connectivity index (χ0) is 14.8. The van der Waals surface area contributed by atoms with E-state index in [-0.39, 0.29) is 17.4 Å². The smallest absolute Gasteiger partial charge is 0.172 e. The molecule has 0 spiro atoms. The highest BCUT2D eigenvalue weighted by atomic mass is 79.9. The summed E-state index contributed by atoms with van der Waals surface area (Å²) < 4.78 is 28.4. The lowest BCUT2D eigenvalue weighted by Gasteiger charge is -2.12. The van der Waals surface area contributed by atoms with E-state index in [0.29, 0.717) is 29.1 Å². The van der Waals surface area contributed by atoms with Crippen molar-refractivity contribution in [1.82, 2.24) is 5.32 Å². The lowest BCUT2D eigenvalue weighted by atomic mass is 10.1. The Balaban J connectivity index is 1.90. The van der Waals surface area contributed by atoms with Crippen LogP contribution in [0.3, 0.4) is 0 Å². The number of nitrogens with one attached hydrogen (secondary N) is 1. The van der Waals surface area contributed by atoms with Crippen molar-refractivity contribution in [3.63, 3.8) is 0 Å². The first-order valence-electron chi connectivity index (χ1n) is 6.38. The Morgan fingerprint density at radius 2 is 2.25 bits per heavy atom. The SMILES string of the molecule is COc1cc(CNCC2CCS(=O)(=O)C2)cc(Br)c1O. The number of halogens is 1. The van der Waals surface area contributed by atoms with Crippen LogP contribution in [0, 0.1) is 5.92 Å². The second-order valence-electron chi connectivity index (χ2n) is 5.03. The first kappa shape index (κ1) is 15.6. The van der Waals surface area contributed by atoms with E-state index in [2.05, 4.69) is 21.2 Å². The Labute approximate surface area is 127 Å². The van der Waals surface area contributed by atoms with Gasteiger partial charge in [-0.05, 0) is 52.5 Å². The van der Waals surface area contributed by atoms with Crippen molar-refractivity contribution in [3.05, 3.63) is 22.2 Å². The third-order valence-electron chi connectivity index (χ3n) is 3.40. The van der Waals surface area contributed by atoms with Crippen LogP contribution in [-0.4, -0.2) is 38.7 Å². The summed E-state index contributed by atoms with van der Waals surface area (Å²) in [6.45, 7) is 1.28. The molecule has 1 aliphatic heterocycles. The van der Waals surface area contributed by atoms with Crippen molar-refractivity contribution in [3.8, 4) is 11.5 Å². The first-order valence-corrected chi connectivity index (χ1v) is 8.99. The lowest BCUT2D eigenvalue weighted by Crippen LogP contribution is -2.23. The quantitative estimate of drug-likeness (QED) is 0.832. The standard InChI is InChI=1S/C13H18BrNO4S/c1-19-12-5-10(4-11(14)13(12)16)7-15-6-9-2-3-20(17,18)8-9/h4-5,9,15-16H,2-3,6-8H2,1H3. The third kappa shape index (κ3) is 3.86. The molecule has 2 N–H and O–H groups in total. The number of sulfone groups is 1. The van der Waals surface area contributed by atoms with Gasteiger partial charge in [0.05, 0.1) is 23.1 Å². The van der Waals surface area contributed by atoms with E-state index in [1.54, 1.807) is 6.07 Å². The Morgan fingerprint density at radius 3 is 2.85 bits per heavy atom. The van der Waals surface area contributed by atoms with Crippen LogP contribution in [0.5, 0.6) is 11.5 Å². The van der Waals surface area contributed by atoms with E-state index in [4.69, 9.17) is 4.74 Å². The maximum Gasteiger partial charge on any atom is 0.172 e. The fourth-order valence-corrected chi connectivity index (χ4v) is 4.69. The number of methoxy groups -OCH3 is 1. The van der Waals surface area contributed by atoms with Crippen molar-refractivity contribution in [2.45, 2.75) is 13.0 Å². The monoisotopic (exact) mass is 363 g/mol. The summed E-state index contributed by atoms with van der Waals surface area (Å²) in [5.41, 5.74) is 0.965. The highest BCUT2D eigenvalue weighted by Gasteiger charge is 2.27. The van der Waals surface area contributed by atoms with Crippen molar-refractivity contribution in [2.75, 3.05) is 25.2 Å². The number of aromatic hydroxyl groups is 1. The van der Waals surface area contributed by atoms with Crippen molar-refractivity contribution >= 4 is 25.8 Å². The number of phenols is 1. The summed E-state index contributed by atoms with van der Waals surface area (Å²) in [5.74, 6) is 1.28. The molecule has 1 heterocycles. The van der Waals surface area contributed by atoms with Gasteiger partial charge < -0.3 is 15.2 Å². The van der Waals surface area contributed by atoms with Crippen molar-refractivity contribution in [2.24, 2.45) is 5.92 Å². The normalized spacial score (nSPS) is 21.0. The van der Waals surface area contributed by atoms with Gasteiger partial charge in [-0.3, -0.25) is 0 Å². The molecule has 1 aromatic carbocycles. The van der Waals surface area contributed by atoms with E-state index in [0.717, 1.165) is 12.0 Å². The Bertz CT molecular complexity index is 588. The van der Waals surface area contributed by atoms with Gasteiger partial charge in [0.2, 0.25) is 0 Å². The van der Waals surface area contributed by atoms with E-state index >= 15 is 0 Å². The molecule has 0 aromatic heterocycles. The molecule has 0 aliphatic carbocycles. The average molecular weight is 364 g/mol. The fourth-order valence-electron chi connectivity index (χ4n) is 2.34. The zero-order valence-electron chi connectivity index (χ0n) is 11.2. The number of ether oxygens (including phenoxy) is 1. The lowest BCUT2D eigenvalue weighted by molar-refractivity contribution is 0.371. The zero-order valence-corrected chi connectivity index (χ0v) is 13.6. The minimum atomic E-state index is -2.81. The summed E-state index contributed by atoms with van der Waals surface area (Å²) in [6, 6.07) is 3.58. The van der Waals surface area contributed by atoms with Crippen LogP contribution in [0.1, 0.15) is 12.0 Å². The van der Waals surface area contributed by atoms with Crippen LogP contribution < -0.4 is 10.1 Å². The first-order chi connectivity index (χ1) is 9.41. The molecule has 0 amide bonds. The summed E-state index contributed by atoms with van der Waals surface area (Å²) in [6.07, 6.45) is 0.734. The van der Waals surface area contributed by atoms with Gasteiger partial charge in [0.1, 0.15) is 0 Å². The van der Waals surface area contributed by atoms with Gasteiger partial charge in [-0.15, -0.1) is 0 Å². The van der Waals surface area contributed by atoms with Crippen LogP contribution >= 0.6 is 15.9 Å². The Hall–Kier alpha value is -0.790. The average Bonchev–Trinajstić information content (AvgIpc) is 2.73. The molecule has 1 aromatic rings. The third-order valence-corrected chi connectivity index (χ3v) is 5.84. The van der Waals surface area contributed by atoms with Gasteiger partial charge >= 0.3 is 0 Å². The van der Waals surface area contributed by atoms with E-state index in [1.165, 1.54) is 7.11 Å². The number of rotatable bonds is 5. The number of hydrogen-bond acceptors (Lipinski definition) is 5. The molecule has 2 rings (SSSR count). The van der Waals surface area contributed by atoms with Crippen LogP contribution in [0.25, 0.3) is 0 Å². The molecule has 1 atom stereocenters. The number of phenolic OH excluding ortho intramolecular Hbond substituents is 1. The van der Waals surface area contributed by atoms with Gasteiger partial charge in [-0.1, -0.05) is 0 Å². The molecule has 1 unspecified atom stereocenters. The summed E-state index contributed by atoms with van der Waals surface area (Å²) in [7, 11) is -1.31. The number of benzene rings is 1. The molecule has 1 aliphatic rings. The Kier molecular flexibility index (Phi) is 4.93. The van der Waals surface area contributed by atoms with Gasteiger partial charge in [0.25, 0.3) is 0 Å². The molecular formula is C13H18BrNO4S. The van der Waals surface area contributed by atoms with Gasteiger partial charge in [-0.2, -0.15) is 0 Å². The predicted molar refractivity (Wildman–Crippen MR) is 80.8 cm³/mol. The molecular weight excluding hydrogens is 346 g/mol. The largest absolute Gasteiger partial charge is 0.503 e. The Morgan fingerprint density at radius 1 is 1.50 bits per heavy atom. The van der Waals surface area contributed by atoms with E-state index < -0.39 is 9.84 Å². The van der Waals surface area contributed by atoms with E-state index in [1.807, 2.05) is 6.07 Å². The molecule has 5 nitrogen and oxygen atoms in total. The van der Waals surface area contributed by atoms with Crippen LogP contribution in [-0.2, 0) is 16.4 Å². The molecule has 20 heavy (non-hydrogen) atoms. The predicted octanol–water partition coefficient (Wildman–Crippen LogP) is 1.69. The maximum absolute atomic E-state index is 11.4. The minimum absolute atomic E-state index is 0.0816. The maximum atomic E-state index is 11.4. The minimum Gasteiger partial charge on any atom is -0.503 e. The van der Waals surface area contributed by atoms with E-state index in [9.17, 15) is 13.5 Å². The summed E-state index contributed by atoms with van der Waals surface area (Å²) in [5, 5.41) is 13.0. The molecule has 0 bridgehead atoms. The molecule has 1 fully saturated rings. The molecule has 7 heteroatoms. The molecule has 1 saturated heterocycles. The molecule has 112 valence electrons. The molecule has 0 saturated carbocycles. The highest BCUT2D eigenvalue weighted by Crippen LogP contribution is 2.35. The fraction of sp³-hybridized carbons (Fsp3) is 0.538. The van der Waals surface area contributed by atoms with Gasteiger partial charge in [0.15, 0.2) is 21.3 Å². The van der Waals surface area contributed by atoms with Crippen molar-refractivity contribution in [1.29, 1.82) is 0 Å². The second-order valence-corrected chi connectivity index (χ2v) is 8.11. The highest BCUT2D eigenvalue weighted by molar-refractivity contribution is 9.10. The van der Waals surface area contributed by atoms with Crippen LogP contribution in [0.4, 0.5) is 0 Å². The second kappa shape index (κ2) is 6.32. The topological polar surface area (TPSA) is 75.6 Å².